The third-order valence-electron chi connectivity index (χ3n) is 2.59. The zero-order valence-electron chi connectivity index (χ0n) is 11.2. The van der Waals surface area contributed by atoms with E-state index in [2.05, 4.69) is 10.6 Å². The number of nitrogens with one attached hydrogen (secondary N) is 2. The van der Waals surface area contributed by atoms with E-state index in [1.807, 2.05) is 0 Å². The number of carbonyl (C=O) groups excluding carboxylic acids is 2. The van der Waals surface area contributed by atoms with Crippen LogP contribution in [-0.2, 0) is 4.79 Å². The molecule has 0 aliphatic rings. The summed E-state index contributed by atoms with van der Waals surface area (Å²) in [5, 5.41) is 23.1. The SMILES string of the molecule is CC(O)(CO)CNC(=O)CNC(=O)c1ccc(N)cc1. The van der Waals surface area contributed by atoms with E-state index in [9.17, 15) is 14.7 Å². The summed E-state index contributed by atoms with van der Waals surface area (Å²) in [6.07, 6.45) is 0. The second kappa shape index (κ2) is 6.88. The quantitative estimate of drug-likeness (QED) is 0.421. The first-order valence-electron chi connectivity index (χ1n) is 6.08. The van der Waals surface area contributed by atoms with Gasteiger partial charge in [-0.25, -0.2) is 0 Å². The molecule has 20 heavy (non-hydrogen) atoms. The van der Waals surface area contributed by atoms with Crippen LogP contribution in [0.3, 0.4) is 0 Å². The zero-order chi connectivity index (χ0) is 15.2. The van der Waals surface area contributed by atoms with Gasteiger partial charge in [0.15, 0.2) is 0 Å². The zero-order valence-corrected chi connectivity index (χ0v) is 11.2. The number of benzene rings is 1. The second-order valence-corrected chi connectivity index (χ2v) is 4.74. The Bertz CT molecular complexity index is 471. The number of nitrogens with two attached hydrogens (primary N) is 1. The Morgan fingerprint density at radius 1 is 1.25 bits per heavy atom. The average molecular weight is 281 g/mol. The number of amides is 2. The molecule has 0 heterocycles. The molecular formula is C13H19N3O4. The molecule has 0 radical (unpaired) electrons. The van der Waals surface area contributed by atoms with Crippen LogP contribution in [0.1, 0.15) is 17.3 Å². The van der Waals surface area contributed by atoms with Crippen molar-refractivity contribution in [2.45, 2.75) is 12.5 Å². The highest BCUT2D eigenvalue weighted by atomic mass is 16.3. The summed E-state index contributed by atoms with van der Waals surface area (Å²) in [5.41, 5.74) is 5.07. The summed E-state index contributed by atoms with van der Waals surface area (Å²) in [7, 11) is 0. The van der Waals surface area contributed by atoms with Crippen molar-refractivity contribution in [1.29, 1.82) is 0 Å². The monoisotopic (exact) mass is 281 g/mol. The Balaban J connectivity index is 2.37. The molecule has 110 valence electrons. The third kappa shape index (κ3) is 5.25. The van der Waals surface area contributed by atoms with Crippen LogP contribution in [-0.4, -0.2) is 47.3 Å². The number of rotatable bonds is 6. The first kappa shape index (κ1) is 15.9. The summed E-state index contributed by atoms with van der Waals surface area (Å²) < 4.78 is 0. The van der Waals surface area contributed by atoms with Crippen molar-refractivity contribution in [1.82, 2.24) is 10.6 Å². The molecule has 1 unspecified atom stereocenters. The third-order valence-corrected chi connectivity index (χ3v) is 2.59. The van der Waals surface area contributed by atoms with Gasteiger partial charge in [-0.2, -0.15) is 0 Å². The fourth-order valence-electron chi connectivity index (χ4n) is 1.30. The number of carbonyl (C=O) groups is 2. The predicted octanol–water partition coefficient (Wildman–Crippen LogP) is -1.14. The van der Waals surface area contributed by atoms with Gasteiger partial charge in [0.2, 0.25) is 5.91 Å². The molecule has 7 heteroatoms. The number of aliphatic hydroxyl groups excluding tert-OH is 1. The fraction of sp³-hybridized carbons (Fsp3) is 0.385. The van der Waals surface area contributed by atoms with E-state index >= 15 is 0 Å². The topological polar surface area (TPSA) is 125 Å². The second-order valence-electron chi connectivity index (χ2n) is 4.74. The standard InChI is InChI=1S/C13H19N3O4/c1-13(20,8-17)7-16-11(18)6-15-12(19)9-2-4-10(14)5-3-9/h2-5,17,20H,6-8,14H2,1H3,(H,15,19)(H,16,18). The Kier molecular flexibility index (Phi) is 5.48. The molecule has 0 saturated heterocycles. The van der Waals surface area contributed by atoms with Crippen LogP contribution in [0.2, 0.25) is 0 Å². The molecule has 0 fully saturated rings. The van der Waals surface area contributed by atoms with Crippen LogP contribution < -0.4 is 16.4 Å². The maximum atomic E-state index is 11.7. The van der Waals surface area contributed by atoms with Gasteiger partial charge in [0.05, 0.1) is 13.2 Å². The number of aliphatic hydroxyl groups is 2. The van der Waals surface area contributed by atoms with E-state index in [4.69, 9.17) is 10.8 Å². The number of anilines is 1. The van der Waals surface area contributed by atoms with Crippen LogP contribution >= 0.6 is 0 Å². The van der Waals surface area contributed by atoms with Gasteiger partial charge in [0.25, 0.3) is 5.91 Å². The van der Waals surface area contributed by atoms with Gasteiger partial charge in [-0.1, -0.05) is 0 Å². The molecule has 1 aromatic rings. The first-order chi connectivity index (χ1) is 9.34. The normalized spacial score (nSPS) is 13.3. The lowest BCUT2D eigenvalue weighted by atomic mass is 10.1. The van der Waals surface area contributed by atoms with E-state index in [-0.39, 0.29) is 13.1 Å². The van der Waals surface area contributed by atoms with Crippen LogP contribution in [0, 0.1) is 0 Å². The Hall–Kier alpha value is -2.12. The van der Waals surface area contributed by atoms with Crippen molar-refractivity contribution in [3.8, 4) is 0 Å². The van der Waals surface area contributed by atoms with Crippen LogP contribution in [0.5, 0.6) is 0 Å². The molecule has 7 nitrogen and oxygen atoms in total. The molecule has 0 aliphatic heterocycles. The maximum Gasteiger partial charge on any atom is 0.251 e. The Labute approximate surface area is 116 Å². The summed E-state index contributed by atoms with van der Waals surface area (Å²) >= 11 is 0. The largest absolute Gasteiger partial charge is 0.399 e. The minimum Gasteiger partial charge on any atom is -0.399 e. The molecule has 0 saturated carbocycles. The molecular weight excluding hydrogens is 262 g/mol. The smallest absolute Gasteiger partial charge is 0.251 e. The van der Waals surface area contributed by atoms with Crippen molar-refractivity contribution in [3.63, 3.8) is 0 Å². The molecule has 2 amide bonds. The van der Waals surface area contributed by atoms with Gasteiger partial charge < -0.3 is 26.6 Å². The van der Waals surface area contributed by atoms with Crippen LogP contribution in [0.4, 0.5) is 5.69 Å². The van der Waals surface area contributed by atoms with Gasteiger partial charge in [-0.15, -0.1) is 0 Å². The van der Waals surface area contributed by atoms with Gasteiger partial charge in [0, 0.05) is 17.8 Å². The lowest BCUT2D eigenvalue weighted by molar-refractivity contribution is -0.121. The minimum absolute atomic E-state index is 0.0971. The molecule has 0 bridgehead atoms. The van der Waals surface area contributed by atoms with E-state index in [1.165, 1.54) is 6.92 Å². The molecule has 6 N–H and O–H groups in total. The minimum atomic E-state index is -1.38. The molecule has 0 spiro atoms. The lowest BCUT2D eigenvalue weighted by Gasteiger charge is -2.20. The van der Waals surface area contributed by atoms with Gasteiger partial charge in [-0.3, -0.25) is 9.59 Å². The predicted molar refractivity (Wildman–Crippen MR) is 73.9 cm³/mol. The van der Waals surface area contributed by atoms with Gasteiger partial charge in [-0.05, 0) is 31.2 Å². The summed E-state index contributed by atoms with van der Waals surface area (Å²) in [4.78, 5) is 23.2. The Morgan fingerprint density at radius 3 is 2.40 bits per heavy atom. The van der Waals surface area contributed by atoms with E-state index in [0.717, 1.165) is 0 Å². The summed E-state index contributed by atoms with van der Waals surface area (Å²) in [6, 6.07) is 6.29. The highest BCUT2D eigenvalue weighted by molar-refractivity contribution is 5.96. The molecule has 0 aromatic heterocycles. The summed E-state index contributed by atoms with van der Waals surface area (Å²) in [6.45, 7) is 0.607. The number of nitrogen functional groups attached to an aromatic ring is 1. The van der Waals surface area contributed by atoms with Crippen molar-refractivity contribution < 1.29 is 19.8 Å². The molecule has 1 aromatic carbocycles. The van der Waals surface area contributed by atoms with Crippen molar-refractivity contribution in [3.05, 3.63) is 29.8 Å². The van der Waals surface area contributed by atoms with Gasteiger partial charge >= 0.3 is 0 Å². The molecule has 0 aliphatic carbocycles. The maximum absolute atomic E-state index is 11.7. The fourth-order valence-corrected chi connectivity index (χ4v) is 1.30. The first-order valence-corrected chi connectivity index (χ1v) is 6.08. The number of hydrogen-bond donors (Lipinski definition) is 5. The highest BCUT2D eigenvalue weighted by Crippen LogP contribution is 2.04. The average Bonchev–Trinajstić information content (AvgIpc) is 2.43. The van der Waals surface area contributed by atoms with Crippen molar-refractivity contribution in [2.24, 2.45) is 0 Å². The van der Waals surface area contributed by atoms with E-state index in [1.54, 1.807) is 24.3 Å². The summed E-state index contributed by atoms with van der Waals surface area (Å²) in [5.74, 6) is -0.850. The van der Waals surface area contributed by atoms with Crippen molar-refractivity contribution >= 4 is 17.5 Å². The number of hydrogen-bond acceptors (Lipinski definition) is 5. The molecule has 1 rings (SSSR count). The van der Waals surface area contributed by atoms with Crippen LogP contribution in [0.25, 0.3) is 0 Å². The van der Waals surface area contributed by atoms with Crippen molar-refractivity contribution in [2.75, 3.05) is 25.4 Å². The van der Waals surface area contributed by atoms with E-state index < -0.39 is 24.0 Å². The lowest BCUT2D eigenvalue weighted by Crippen LogP contribution is -2.46. The van der Waals surface area contributed by atoms with Crippen LogP contribution in [0.15, 0.2) is 24.3 Å². The highest BCUT2D eigenvalue weighted by Gasteiger charge is 2.19. The van der Waals surface area contributed by atoms with E-state index in [0.29, 0.717) is 11.3 Å². The van der Waals surface area contributed by atoms with Gasteiger partial charge in [0.1, 0.15) is 5.60 Å². The molecule has 1 atom stereocenters. The Morgan fingerprint density at radius 2 is 1.85 bits per heavy atom.